The number of hydrogen-bond donors (Lipinski definition) is 3. The molecule has 1 rings (SSSR count). The molecule has 0 aliphatic carbocycles. The quantitative estimate of drug-likeness (QED) is 0.723. The van der Waals surface area contributed by atoms with Crippen molar-refractivity contribution >= 4 is 29.2 Å². The summed E-state index contributed by atoms with van der Waals surface area (Å²) in [4.78, 5) is 22.8. The Bertz CT molecular complexity index is 508. The standard InChI is InChI=1S/C12H14ClFN2O3/c1-2-3-9(12(18)19)16-11(17)7-4-6(13)5-8(14)10(7)15/h4-5,9H,2-3,15H2,1H3,(H,16,17)(H,18,19). The van der Waals surface area contributed by atoms with E-state index in [1.54, 1.807) is 6.92 Å². The number of carboxylic acids is 1. The molecular formula is C12H14ClFN2O3. The van der Waals surface area contributed by atoms with Crippen LogP contribution in [0.2, 0.25) is 5.02 Å². The molecule has 0 aliphatic rings. The number of carbonyl (C=O) groups excluding carboxylic acids is 1. The predicted octanol–water partition coefficient (Wildman–Crippen LogP) is 2.04. The van der Waals surface area contributed by atoms with Crippen molar-refractivity contribution in [1.82, 2.24) is 5.32 Å². The third kappa shape index (κ3) is 3.82. The molecule has 0 fully saturated rings. The van der Waals surface area contributed by atoms with Gasteiger partial charge in [-0.1, -0.05) is 24.9 Å². The lowest BCUT2D eigenvalue weighted by Crippen LogP contribution is -2.40. The molecule has 1 aromatic carbocycles. The average molecular weight is 289 g/mol. The van der Waals surface area contributed by atoms with E-state index in [0.29, 0.717) is 6.42 Å². The van der Waals surface area contributed by atoms with Crippen LogP contribution in [-0.2, 0) is 4.79 Å². The van der Waals surface area contributed by atoms with Crippen molar-refractivity contribution in [2.45, 2.75) is 25.8 Å². The average Bonchev–Trinajstić information content (AvgIpc) is 2.32. The fourth-order valence-corrected chi connectivity index (χ4v) is 1.76. The summed E-state index contributed by atoms with van der Waals surface area (Å²) in [5.74, 6) is -2.74. The van der Waals surface area contributed by atoms with Gasteiger partial charge in [-0.05, 0) is 18.6 Å². The van der Waals surface area contributed by atoms with Gasteiger partial charge in [0.2, 0.25) is 0 Å². The van der Waals surface area contributed by atoms with E-state index in [2.05, 4.69) is 5.32 Å². The molecule has 0 saturated carbocycles. The van der Waals surface area contributed by atoms with Gasteiger partial charge in [0.1, 0.15) is 11.9 Å². The molecule has 0 aromatic heterocycles. The van der Waals surface area contributed by atoms with E-state index in [4.69, 9.17) is 22.4 Å². The largest absolute Gasteiger partial charge is 0.480 e. The molecule has 0 saturated heterocycles. The van der Waals surface area contributed by atoms with Crippen LogP contribution >= 0.6 is 11.6 Å². The highest BCUT2D eigenvalue weighted by molar-refractivity contribution is 6.31. The highest BCUT2D eigenvalue weighted by Crippen LogP contribution is 2.22. The van der Waals surface area contributed by atoms with Crippen LogP contribution in [0.5, 0.6) is 0 Å². The topological polar surface area (TPSA) is 92.4 Å². The molecule has 1 aromatic rings. The van der Waals surface area contributed by atoms with Gasteiger partial charge >= 0.3 is 5.97 Å². The van der Waals surface area contributed by atoms with Crippen molar-refractivity contribution in [2.24, 2.45) is 0 Å². The minimum Gasteiger partial charge on any atom is -0.480 e. The van der Waals surface area contributed by atoms with Gasteiger partial charge < -0.3 is 16.2 Å². The van der Waals surface area contributed by atoms with Crippen LogP contribution in [0.15, 0.2) is 12.1 Å². The Hall–Kier alpha value is -1.82. The van der Waals surface area contributed by atoms with Gasteiger partial charge in [-0.25, -0.2) is 9.18 Å². The second kappa shape index (κ2) is 6.38. The van der Waals surface area contributed by atoms with E-state index in [-0.39, 0.29) is 22.7 Å². The van der Waals surface area contributed by atoms with Crippen LogP contribution in [0.1, 0.15) is 30.1 Å². The molecule has 4 N–H and O–H groups in total. The van der Waals surface area contributed by atoms with Gasteiger partial charge in [-0.2, -0.15) is 0 Å². The lowest BCUT2D eigenvalue weighted by molar-refractivity contribution is -0.139. The van der Waals surface area contributed by atoms with Crippen molar-refractivity contribution in [3.63, 3.8) is 0 Å². The summed E-state index contributed by atoms with van der Waals surface area (Å²) < 4.78 is 13.3. The fraction of sp³-hybridized carbons (Fsp3) is 0.333. The summed E-state index contributed by atoms with van der Waals surface area (Å²) in [6.45, 7) is 1.79. The third-order valence-electron chi connectivity index (χ3n) is 2.52. The Balaban J connectivity index is 2.97. The normalized spacial score (nSPS) is 11.9. The Morgan fingerprint density at radius 1 is 1.53 bits per heavy atom. The number of amides is 1. The molecule has 5 nitrogen and oxygen atoms in total. The molecule has 0 bridgehead atoms. The molecule has 19 heavy (non-hydrogen) atoms. The molecule has 104 valence electrons. The second-order valence-corrected chi connectivity index (χ2v) is 4.44. The zero-order valence-electron chi connectivity index (χ0n) is 10.2. The van der Waals surface area contributed by atoms with E-state index >= 15 is 0 Å². The highest BCUT2D eigenvalue weighted by Gasteiger charge is 2.22. The van der Waals surface area contributed by atoms with Crippen LogP contribution in [0.3, 0.4) is 0 Å². The van der Waals surface area contributed by atoms with Crippen molar-refractivity contribution < 1.29 is 19.1 Å². The van der Waals surface area contributed by atoms with Gasteiger partial charge in [0, 0.05) is 5.02 Å². The summed E-state index contributed by atoms with van der Waals surface area (Å²) in [5, 5.41) is 11.2. The molecule has 0 radical (unpaired) electrons. The lowest BCUT2D eigenvalue weighted by Gasteiger charge is -2.14. The van der Waals surface area contributed by atoms with Crippen LogP contribution in [0.25, 0.3) is 0 Å². The number of nitrogens with two attached hydrogens (primary N) is 1. The number of anilines is 1. The maximum Gasteiger partial charge on any atom is 0.326 e. The van der Waals surface area contributed by atoms with E-state index in [0.717, 1.165) is 6.07 Å². The van der Waals surface area contributed by atoms with Crippen molar-refractivity contribution in [3.05, 3.63) is 28.5 Å². The van der Waals surface area contributed by atoms with Gasteiger partial charge in [0.25, 0.3) is 5.91 Å². The molecule has 0 spiro atoms. The first kappa shape index (κ1) is 15.2. The number of rotatable bonds is 5. The summed E-state index contributed by atoms with van der Waals surface area (Å²) in [5.41, 5.74) is 4.90. The minimum atomic E-state index is -1.16. The Morgan fingerprint density at radius 3 is 2.68 bits per heavy atom. The summed E-state index contributed by atoms with van der Waals surface area (Å²) in [6.07, 6.45) is 0.848. The van der Waals surface area contributed by atoms with Crippen LogP contribution in [0.4, 0.5) is 10.1 Å². The molecule has 1 unspecified atom stereocenters. The minimum absolute atomic E-state index is 0.0132. The summed E-state index contributed by atoms with van der Waals surface area (Å²) >= 11 is 5.63. The van der Waals surface area contributed by atoms with Crippen LogP contribution in [-0.4, -0.2) is 23.0 Å². The maximum absolute atomic E-state index is 13.3. The van der Waals surface area contributed by atoms with E-state index in [9.17, 15) is 14.0 Å². The third-order valence-corrected chi connectivity index (χ3v) is 2.74. The monoisotopic (exact) mass is 288 g/mol. The first-order chi connectivity index (χ1) is 8.86. The Kier molecular flexibility index (Phi) is 5.11. The van der Waals surface area contributed by atoms with E-state index in [1.165, 1.54) is 6.07 Å². The number of nitrogen functional groups attached to an aromatic ring is 1. The zero-order chi connectivity index (χ0) is 14.6. The number of benzene rings is 1. The number of nitrogens with one attached hydrogen (secondary N) is 1. The smallest absolute Gasteiger partial charge is 0.326 e. The van der Waals surface area contributed by atoms with Crippen molar-refractivity contribution in [1.29, 1.82) is 0 Å². The van der Waals surface area contributed by atoms with Gasteiger partial charge in [-0.15, -0.1) is 0 Å². The lowest BCUT2D eigenvalue weighted by atomic mass is 10.1. The molecule has 0 aliphatic heterocycles. The second-order valence-electron chi connectivity index (χ2n) is 4.00. The Labute approximate surface area is 114 Å². The zero-order valence-corrected chi connectivity index (χ0v) is 11.0. The molecule has 7 heteroatoms. The number of halogens is 2. The van der Waals surface area contributed by atoms with Gasteiger partial charge in [0.15, 0.2) is 0 Å². The summed E-state index contributed by atoms with van der Waals surface area (Å²) in [6, 6.07) is 1.13. The number of carbonyl (C=O) groups is 2. The van der Waals surface area contributed by atoms with E-state index < -0.39 is 23.7 Å². The first-order valence-electron chi connectivity index (χ1n) is 5.65. The molecule has 1 atom stereocenters. The van der Waals surface area contributed by atoms with E-state index in [1.807, 2.05) is 0 Å². The van der Waals surface area contributed by atoms with Gasteiger partial charge in [0.05, 0.1) is 11.3 Å². The maximum atomic E-state index is 13.3. The predicted molar refractivity (Wildman–Crippen MR) is 69.6 cm³/mol. The van der Waals surface area contributed by atoms with Crippen LogP contribution in [0, 0.1) is 5.82 Å². The van der Waals surface area contributed by atoms with Gasteiger partial charge in [-0.3, -0.25) is 4.79 Å². The Morgan fingerprint density at radius 2 is 2.16 bits per heavy atom. The molecule has 1 amide bonds. The molecular weight excluding hydrogens is 275 g/mol. The van der Waals surface area contributed by atoms with Crippen LogP contribution < -0.4 is 11.1 Å². The SMILES string of the molecule is CCCC(NC(=O)c1cc(Cl)cc(F)c1N)C(=O)O. The summed E-state index contributed by atoms with van der Waals surface area (Å²) in [7, 11) is 0. The van der Waals surface area contributed by atoms with Crippen molar-refractivity contribution in [3.8, 4) is 0 Å². The number of aliphatic carboxylic acids is 1. The molecule has 0 heterocycles. The van der Waals surface area contributed by atoms with Crippen molar-refractivity contribution in [2.75, 3.05) is 5.73 Å². The fourth-order valence-electron chi connectivity index (χ4n) is 1.55. The number of hydrogen-bond acceptors (Lipinski definition) is 3. The first-order valence-corrected chi connectivity index (χ1v) is 6.02. The highest BCUT2D eigenvalue weighted by atomic mass is 35.5. The number of carboxylic acid groups (broad SMARTS) is 1.